The predicted molar refractivity (Wildman–Crippen MR) is 42.7 cm³/mol. The normalized spacial score (nSPS) is 9.08. The second kappa shape index (κ2) is 4.33. The van der Waals surface area contributed by atoms with Gasteiger partial charge in [0.1, 0.15) is 5.75 Å². The van der Waals surface area contributed by atoms with Crippen LogP contribution in [0.25, 0.3) is 0 Å². The first-order valence-electron chi connectivity index (χ1n) is 3.36. The molecule has 0 aliphatic heterocycles. The van der Waals surface area contributed by atoms with Crippen molar-refractivity contribution in [2.75, 3.05) is 12.2 Å². The topological polar surface area (TPSA) is 38.3 Å². The lowest BCUT2D eigenvalue weighted by atomic mass is 10.3. The zero-order valence-electron chi connectivity index (χ0n) is 6.29. The molecule has 64 valence electrons. The fourth-order valence-electron chi connectivity index (χ4n) is 0.834. The maximum absolute atomic E-state index is 11.8. The van der Waals surface area contributed by atoms with E-state index in [0.29, 0.717) is 17.8 Å². The van der Waals surface area contributed by atoms with E-state index in [2.05, 4.69) is 10.1 Å². The summed E-state index contributed by atoms with van der Waals surface area (Å²) in [4.78, 5) is 10.1. The third-order valence-electron chi connectivity index (χ3n) is 1.31. The van der Waals surface area contributed by atoms with Crippen LogP contribution >= 0.6 is 0 Å². The molecule has 0 fully saturated rings. The van der Waals surface area contributed by atoms with E-state index in [9.17, 15) is 9.18 Å². The molecule has 0 aliphatic rings. The molecule has 0 aliphatic carbocycles. The summed E-state index contributed by atoms with van der Waals surface area (Å²) < 4.78 is 16.4. The van der Waals surface area contributed by atoms with Crippen LogP contribution in [0.5, 0.6) is 5.75 Å². The number of benzene rings is 1. The smallest absolute Gasteiger partial charge is 0.228 e. The summed E-state index contributed by atoms with van der Waals surface area (Å²) in [5, 5.41) is 2.39. The fourth-order valence-corrected chi connectivity index (χ4v) is 0.834. The van der Waals surface area contributed by atoms with Gasteiger partial charge in [0.25, 0.3) is 0 Å². The first-order chi connectivity index (χ1) is 5.88. The van der Waals surface area contributed by atoms with Crippen LogP contribution < -0.4 is 10.1 Å². The molecule has 1 aromatic carbocycles. The zero-order valence-corrected chi connectivity index (χ0v) is 6.29. The SMILES string of the molecule is O=CNc1ccccc1OCF. The van der Waals surface area contributed by atoms with E-state index in [4.69, 9.17) is 0 Å². The number of anilines is 1. The summed E-state index contributed by atoms with van der Waals surface area (Å²) in [7, 11) is 0. The van der Waals surface area contributed by atoms with Crippen molar-refractivity contribution in [3.63, 3.8) is 0 Å². The second-order valence-electron chi connectivity index (χ2n) is 2.01. The molecule has 3 nitrogen and oxygen atoms in total. The van der Waals surface area contributed by atoms with Gasteiger partial charge in [0.2, 0.25) is 13.3 Å². The molecular formula is C8H8FNO2. The maximum Gasteiger partial charge on any atom is 0.228 e. The van der Waals surface area contributed by atoms with E-state index in [-0.39, 0.29) is 0 Å². The van der Waals surface area contributed by atoms with Crippen molar-refractivity contribution in [2.45, 2.75) is 0 Å². The average Bonchev–Trinajstić information content (AvgIpc) is 2.09. The highest BCUT2D eigenvalue weighted by Crippen LogP contribution is 2.22. The number of carbonyl (C=O) groups is 1. The van der Waals surface area contributed by atoms with E-state index in [1.165, 1.54) is 0 Å². The van der Waals surface area contributed by atoms with Crippen molar-refractivity contribution in [3.05, 3.63) is 24.3 Å². The molecule has 0 saturated carbocycles. The van der Waals surface area contributed by atoms with Gasteiger partial charge in [-0.3, -0.25) is 4.79 Å². The Bertz CT molecular complexity index is 265. The summed E-state index contributed by atoms with van der Waals surface area (Å²) in [6.45, 7) is -0.905. The predicted octanol–water partition coefficient (Wildman–Crippen LogP) is 1.56. The Balaban J connectivity index is 2.83. The minimum absolute atomic E-state index is 0.326. The first kappa shape index (κ1) is 8.52. The third kappa shape index (κ3) is 1.95. The number of amides is 1. The largest absolute Gasteiger partial charge is 0.461 e. The quantitative estimate of drug-likeness (QED) is 0.694. The number of alkyl halides is 1. The molecular weight excluding hydrogens is 161 g/mol. The average molecular weight is 169 g/mol. The Hall–Kier alpha value is -1.58. The standard InChI is InChI=1S/C8H8FNO2/c9-5-12-8-4-2-1-3-7(8)10-6-11/h1-4,6H,5H2,(H,10,11). The number of para-hydroxylation sites is 2. The van der Waals surface area contributed by atoms with Crippen LogP contribution in [0.1, 0.15) is 0 Å². The highest BCUT2D eigenvalue weighted by Gasteiger charge is 1.99. The fraction of sp³-hybridized carbons (Fsp3) is 0.125. The molecule has 0 unspecified atom stereocenters. The lowest BCUT2D eigenvalue weighted by Crippen LogP contribution is -1.98. The Kier molecular flexibility index (Phi) is 3.07. The molecule has 0 atom stereocenters. The van der Waals surface area contributed by atoms with Gasteiger partial charge in [-0.05, 0) is 12.1 Å². The van der Waals surface area contributed by atoms with Gasteiger partial charge in [0, 0.05) is 0 Å². The van der Waals surface area contributed by atoms with Crippen LogP contribution in [-0.4, -0.2) is 13.3 Å². The molecule has 12 heavy (non-hydrogen) atoms. The van der Waals surface area contributed by atoms with Crippen molar-refractivity contribution in [3.8, 4) is 5.75 Å². The number of carbonyl (C=O) groups excluding carboxylic acids is 1. The van der Waals surface area contributed by atoms with Crippen LogP contribution in [0.15, 0.2) is 24.3 Å². The summed E-state index contributed by atoms with van der Waals surface area (Å²) in [5.41, 5.74) is 0.463. The molecule has 0 heterocycles. The Morgan fingerprint density at radius 2 is 2.25 bits per heavy atom. The minimum Gasteiger partial charge on any atom is -0.461 e. The summed E-state index contributed by atoms with van der Waals surface area (Å²) in [6.07, 6.45) is 0.514. The molecule has 0 radical (unpaired) electrons. The van der Waals surface area contributed by atoms with Crippen molar-refractivity contribution >= 4 is 12.1 Å². The molecule has 0 saturated heterocycles. The molecule has 1 amide bonds. The number of nitrogens with one attached hydrogen (secondary N) is 1. The Morgan fingerprint density at radius 1 is 1.50 bits per heavy atom. The lowest BCUT2D eigenvalue weighted by Gasteiger charge is -2.05. The van der Waals surface area contributed by atoms with Crippen LogP contribution in [-0.2, 0) is 4.79 Å². The van der Waals surface area contributed by atoms with Gasteiger partial charge in [-0.25, -0.2) is 4.39 Å². The number of hydrogen-bond acceptors (Lipinski definition) is 2. The molecule has 1 aromatic rings. The lowest BCUT2D eigenvalue weighted by molar-refractivity contribution is -0.105. The molecule has 0 bridgehead atoms. The van der Waals surface area contributed by atoms with Crippen LogP contribution in [0.2, 0.25) is 0 Å². The van der Waals surface area contributed by atoms with Crippen molar-refractivity contribution < 1.29 is 13.9 Å². The van der Waals surface area contributed by atoms with E-state index >= 15 is 0 Å². The van der Waals surface area contributed by atoms with Gasteiger partial charge >= 0.3 is 0 Å². The van der Waals surface area contributed by atoms with Crippen molar-refractivity contribution in [1.82, 2.24) is 0 Å². The zero-order chi connectivity index (χ0) is 8.81. The van der Waals surface area contributed by atoms with Gasteiger partial charge in [-0.15, -0.1) is 0 Å². The van der Waals surface area contributed by atoms with Gasteiger partial charge in [0.05, 0.1) is 5.69 Å². The van der Waals surface area contributed by atoms with E-state index in [0.717, 1.165) is 0 Å². The third-order valence-corrected chi connectivity index (χ3v) is 1.31. The number of ether oxygens (including phenoxy) is 1. The summed E-state index contributed by atoms with van der Waals surface area (Å²) in [5.74, 6) is 0.326. The Morgan fingerprint density at radius 3 is 2.92 bits per heavy atom. The molecule has 1 N–H and O–H groups in total. The van der Waals surface area contributed by atoms with E-state index < -0.39 is 6.86 Å². The molecule has 4 heteroatoms. The van der Waals surface area contributed by atoms with Gasteiger partial charge in [0.15, 0.2) is 0 Å². The van der Waals surface area contributed by atoms with Crippen molar-refractivity contribution in [1.29, 1.82) is 0 Å². The van der Waals surface area contributed by atoms with Crippen LogP contribution in [0.4, 0.5) is 10.1 Å². The maximum atomic E-state index is 11.8. The summed E-state index contributed by atoms with van der Waals surface area (Å²) in [6, 6.07) is 6.61. The first-order valence-corrected chi connectivity index (χ1v) is 3.36. The van der Waals surface area contributed by atoms with Gasteiger partial charge < -0.3 is 10.1 Å². The highest BCUT2D eigenvalue weighted by atomic mass is 19.1. The van der Waals surface area contributed by atoms with Gasteiger partial charge in [-0.2, -0.15) is 0 Å². The molecule has 1 rings (SSSR count). The van der Waals surface area contributed by atoms with E-state index in [1.54, 1.807) is 24.3 Å². The molecule has 0 aromatic heterocycles. The second-order valence-corrected chi connectivity index (χ2v) is 2.01. The highest BCUT2D eigenvalue weighted by molar-refractivity contribution is 5.75. The number of halogens is 1. The monoisotopic (exact) mass is 169 g/mol. The Labute approximate surface area is 69.2 Å². The van der Waals surface area contributed by atoms with Crippen molar-refractivity contribution in [2.24, 2.45) is 0 Å². The minimum atomic E-state index is -0.905. The van der Waals surface area contributed by atoms with E-state index in [1.807, 2.05) is 0 Å². The molecule has 0 spiro atoms. The van der Waals surface area contributed by atoms with Crippen LogP contribution in [0.3, 0.4) is 0 Å². The van der Waals surface area contributed by atoms with Gasteiger partial charge in [-0.1, -0.05) is 12.1 Å². The number of rotatable bonds is 4. The summed E-state index contributed by atoms with van der Waals surface area (Å²) >= 11 is 0. The number of hydrogen-bond donors (Lipinski definition) is 1. The van der Waals surface area contributed by atoms with Crippen LogP contribution in [0, 0.1) is 0 Å².